The Bertz CT molecular complexity index is 350. The van der Waals surface area contributed by atoms with Gasteiger partial charge in [-0.25, -0.2) is 0 Å². The first-order chi connectivity index (χ1) is 10.3. The van der Waals surface area contributed by atoms with Gasteiger partial charge in [-0.1, -0.05) is 32.1 Å². The number of ether oxygens (including phenoxy) is 1. The van der Waals surface area contributed by atoms with Crippen LogP contribution in [0.3, 0.4) is 0 Å². The van der Waals surface area contributed by atoms with E-state index in [1.807, 2.05) is 0 Å². The van der Waals surface area contributed by atoms with Crippen LogP contribution in [0.1, 0.15) is 70.6 Å². The van der Waals surface area contributed by atoms with Crippen LogP contribution < -0.4 is 5.32 Å². The van der Waals surface area contributed by atoms with Crippen molar-refractivity contribution in [1.29, 1.82) is 0 Å². The maximum atomic E-state index is 6.58. The summed E-state index contributed by atoms with van der Waals surface area (Å²) in [6, 6.07) is 0. The van der Waals surface area contributed by atoms with Gasteiger partial charge in [0.05, 0.1) is 11.7 Å². The zero-order valence-electron chi connectivity index (χ0n) is 13.5. The van der Waals surface area contributed by atoms with Gasteiger partial charge in [0.25, 0.3) is 0 Å². The highest BCUT2D eigenvalue weighted by atomic mass is 16.5. The fourth-order valence-corrected chi connectivity index (χ4v) is 5.53. The molecule has 4 fully saturated rings. The fourth-order valence-electron chi connectivity index (χ4n) is 5.53. The van der Waals surface area contributed by atoms with Crippen LogP contribution in [0.4, 0.5) is 0 Å². The Balaban J connectivity index is 1.40. The maximum Gasteiger partial charge on any atom is 0.0710 e. The Hall–Kier alpha value is -0.120. The van der Waals surface area contributed by atoms with E-state index in [-0.39, 0.29) is 0 Å². The second-order valence-electron chi connectivity index (χ2n) is 8.08. The molecule has 0 aromatic carbocycles. The van der Waals surface area contributed by atoms with Gasteiger partial charge in [0.15, 0.2) is 0 Å². The second-order valence-corrected chi connectivity index (χ2v) is 8.08. The standard InChI is InChI=1S/C18H32N2O/c1-2-7-17(8-3-1)15-19-12-13-20(17)14-16-6-11-18(21-16)9-4-5-10-18/h16,19H,1-15H2. The molecule has 3 heteroatoms. The Labute approximate surface area is 129 Å². The van der Waals surface area contributed by atoms with Crippen LogP contribution >= 0.6 is 0 Å². The van der Waals surface area contributed by atoms with E-state index in [0.717, 1.165) is 0 Å². The summed E-state index contributed by atoms with van der Waals surface area (Å²) >= 11 is 0. The molecule has 0 aromatic rings. The number of hydrogen-bond acceptors (Lipinski definition) is 3. The van der Waals surface area contributed by atoms with Crippen molar-refractivity contribution in [3.8, 4) is 0 Å². The zero-order valence-corrected chi connectivity index (χ0v) is 13.5. The number of piperazine rings is 1. The molecule has 0 amide bonds. The first-order valence-electron chi connectivity index (χ1n) is 9.44. The summed E-state index contributed by atoms with van der Waals surface area (Å²) in [5.74, 6) is 0. The quantitative estimate of drug-likeness (QED) is 0.846. The number of nitrogens with one attached hydrogen (secondary N) is 1. The number of rotatable bonds is 2. The lowest BCUT2D eigenvalue weighted by Crippen LogP contribution is -2.63. The monoisotopic (exact) mass is 292 g/mol. The predicted octanol–water partition coefficient (Wildman–Crippen LogP) is 3.09. The first kappa shape index (κ1) is 14.5. The molecule has 2 aliphatic carbocycles. The molecule has 2 spiro atoms. The average molecular weight is 292 g/mol. The van der Waals surface area contributed by atoms with Crippen molar-refractivity contribution in [3.63, 3.8) is 0 Å². The minimum atomic E-state index is 0.304. The smallest absolute Gasteiger partial charge is 0.0710 e. The molecule has 0 radical (unpaired) electrons. The van der Waals surface area contributed by atoms with Gasteiger partial charge >= 0.3 is 0 Å². The Morgan fingerprint density at radius 1 is 0.952 bits per heavy atom. The van der Waals surface area contributed by atoms with Crippen molar-refractivity contribution in [2.75, 3.05) is 26.2 Å². The molecule has 3 nitrogen and oxygen atoms in total. The van der Waals surface area contributed by atoms with Crippen LogP contribution in [0.2, 0.25) is 0 Å². The van der Waals surface area contributed by atoms with Crippen LogP contribution in [0.5, 0.6) is 0 Å². The van der Waals surface area contributed by atoms with E-state index in [1.165, 1.54) is 96.8 Å². The van der Waals surface area contributed by atoms with E-state index in [2.05, 4.69) is 10.2 Å². The molecular formula is C18H32N2O. The lowest BCUT2D eigenvalue weighted by molar-refractivity contribution is -0.0701. The van der Waals surface area contributed by atoms with Gasteiger partial charge in [-0.05, 0) is 38.5 Å². The molecular weight excluding hydrogens is 260 g/mol. The third kappa shape index (κ3) is 2.77. The Kier molecular flexibility index (Phi) is 4.01. The van der Waals surface area contributed by atoms with Crippen molar-refractivity contribution in [1.82, 2.24) is 10.2 Å². The lowest BCUT2D eigenvalue weighted by Gasteiger charge is -2.50. The lowest BCUT2D eigenvalue weighted by atomic mass is 9.79. The summed E-state index contributed by atoms with van der Waals surface area (Å²) in [7, 11) is 0. The van der Waals surface area contributed by atoms with E-state index in [0.29, 0.717) is 17.2 Å². The van der Waals surface area contributed by atoms with Gasteiger partial charge in [0.1, 0.15) is 0 Å². The van der Waals surface area contributed by atoms with Crippen LogP contribution in [0.25, 0.3) is 0 Å². The first-order valence-corrected chi connectivity index (χ1v) is 9.44. The number of nitrogens with zero attached hydrogens (tertiary/aromatic N) is 1. The third-order valence-corrected chi connectivity index (χ3v) is 6.75. The van der Waals surface area contributed by atoms with Crippen LogP contribution in [0, 0.1) is 0 Å². The topological polar surface area (TPSA) is 24.5 Å². The molecule has 2 aliphatic heterocycles. The normalized spacial score (nSPS) is 35.7. The predicted molar refractivity (Wildman–Crippen MR) is 85.6 cm³/mol. The van der Waals surface area contributed by atoms with Crippen molar-refractivity contribution in [2.45, 2.75) is 87.9 Å². The van der Waals surface area contributed by atoms with E-state index >= 15 is 0 Å². The summed E-state index contributed by atoms with van der Waals surface area (Å²) < 4.78 is 6.58. The van der Waals surface area contributed by atoms with Gasteiger partial charge in [-0.2, -0.15) is 0 Å². The molecule has 2 heterocycles. The molecule has 2 saturated heterocycles. The highest BCUT2D eigenvalue weighted by Gasteiger charge is 2.45. The Morgan fingerprint density at radius 2 is 1.71 bits per heavy atom. The van der Waals surface area contributed by atoms with Crippen LogP contribution in [-0.2, 0) is 4.74 Å². The second kappa shape index (κ2) is 5.82. The van der Waals surface area contributed by atoms with Crippen molar-refractivity contribution < 1.29 is 4.74 Å². The third-order valence-electron chi connectivity index (χ3n) is 6.75. The number of hydrogen-bond donors (Lipinski definition) is 1. The molecule has 1 N–H and O–H groups in total. The highest BCUT2D eigenvalue weighted by Crippen LogP contribution is 2.44. The largest absolute Gasteiger partial charge is 0.370 e. The van der Waals surface area contributed by atoms with E-state index in [4.69, 9.17) is 4.74 Å². The van der Waals surface area contributed by atoms with Crippen LogP contribution in [-0.4, -0.2) is 48.3 Å². The molecule has 1 atom stereocenters. The fraction of sp³-hybridized carbons (Fsp3) is 1.00. The molecule has 21 heavy (non-hydrogen) atoms. The van der Waals surface area contributed by atoms with Gasteiger partial charge in [-0.3, -0.25) is 4.90 Å². The van der Waals surface area contributed by atoms with Gasteiger partial charge < -0.3 is 10.1 Å². The van der Waals surface area contributed by atoms with Gasteiger partial charge in [-0.15, -0.1) is 0 Å². The van der Waals surface area contributed by atoms with Gasteiger partial charge in [0, 0.05) is 31.7 Å². The zero-order chi connectivity index (χ0) is 14.2. The summed E-state index contributed by atoms with van der Waals surface area (Å²) in [6.45, 7) is 4.81. The van der Waals surface area contributed by atoms with E-state index < -0.39 is 0 Å². The SMILES string of the molecule is C1CCC2(CC1)CNCCN2CC1CCC2(CCCC2)O1. The molecule has 2 saturated carbocycles. The van der Waals surface area contributed by atoms with Gasteiger partial charge in [0.2, 0.25) is 0 Å². The summed E-state index contributed by atoms with van der Waals surface area (Å²) in [5, 5.41) is 3.67. The minimum absolute atomic E-state index is 0.304. The highest BCUT2D eigenvalue weighted by molar-refractivity contribution is 5.00. The van der Waals surface area contributed by atoms with E-state index in [1.54, 1.807) is 0 Å². The van der Waals surface area contributed by atoms with Crippen molar-refractivity contribution in [2.24, 2.45) is 0 Å². The molecule has 4 aliphatic rings. The van der Waals surface area contributed by atoms with Crippen molar-refractivity contribution >= 4 is 0 Å². The minimum Gasteiger partial charge on any atom is -0.370 e. The molecule has 1 unspecified atom stereocenters. The van der Waals surface area contributed by atoms with Crippen LogP contribution in [0.15, 0.2) is 0 Å². The van der Waals surface area contributed by atoms with Crippen molar-refractivity contribution in [3.05, 3.63) is 0 Å². The molecule has 120 valence electrons. The summed E-state index contributed by atoms with van der Waals surface area (Å²) in [5.41, 5.74) is 0.768. The summed E-state index contributed by atoms with van der Waals surface area (Å²) in [4.78, 5) is 2.82. The molecule has 0 bridgehead atoms. The van der Waals surface area contributed by atoms with E-state index in [9.17, 15) is 0 Å². The maximum absolute atomic E-state index is 6.58. The summed E-state index contributed by atoms with van der Waals surface area (Å²) in [6.07, 6.45) is 15.7. The average Bonchev–Trinajstić information content (AvgIpc) is 3.13. The molecule has 4 rings (SSSR count). The Morgan fingerprint density at radius 3 is 2.52 bits per heavy atom. The molecule has 0 aromatic heterocycles.